The van der Waals surface area contributed by atoms with Gasteiger partial charge in [-0.3, -0.25) is 9.59 Å². The predicted octanol–water partition coefficient (Wildman–Crippen LogP) is 5.98. The molecule has 2 aromatic carbocycles. The van der Waals surface area contributed by atoms with Crippen molar-refractivity contribution < 1.29 is 40.7 Å². The molecule has 0 radical (unpaired) electrons. The number of benzene rings is 2. The first-order valence-corrected chi connectivity index (χ1v) is 17.2. The number of anilines is 2. The van der Waals surface area contributed by atoms with Crippen LogP contribution in [-0.2, 0) is 34.9 Å². The van der Waals surface area contributed by atoms with Gasteiger partial charge in [0.15, 0.2) is 0 Å². The molecule has 1 atom stereocenters. The van der Waals surface area contributed by atoms with Gasteiger partial charge < -0.3 is 30.7 Å². The van der Waals surface area contributed by atoms with Crippen molar-refractivity contribution in [3.8, 4) is 0 Å². The van der Waals surface area contributed by atoms with Crippen molar-refractivity contribution in [3.63, 3.8) is 0 Å². The molecule has 0 aliphatic carbocycles. The topological polar surface area (TPSA) is 102 Å². The number of nitrogens with zero attached hydrogens (tertiary/aromatic N) is 4. The molecule has 0 spiro atoms. The Balaban J connectivity index is 1.18. The highest BCUT2D eigenvalue weighted by molar-refractivity contribution is 5.92. The number of carbonyl (C=O) groups is 3. The largest absolute Gasteiger partial charge is 0.418 e. The minimum Gasteiger partial charge on any atom is -0.398 e. The smallest absolute Gasteiger partial charge is 0.398 e. The van der Waals surface area contributed by atoms with E-state index >= 15 is 0 Å². The molecule has 3 N–H and O–H groups in total. The molecule has 3 saturated heterocycles. The average molecular weight is 709 g/mol. The van der Waals surface area contributed by atoms with Gasteiger partial charge in [0.05, 0.1) is 22.7 Å². The van der Waals surface area contributed by atoms with E-state index in [1.165, 1.54) is 0 Å². The standard InChI is InChI=1S/C35H42F6N6O3/c36-34(37,38)27-18-22(19-28(31(27)42)35(39,40)41)17-24(32(49)46-15-7-25(8-16-46)44-11-3-4-12-44)20-30(48)45-13-9-26(10-14-45)47-21-23-5-1-2-6-29(23)43-33(47)50/h1-2,5-6,18-19,24-26H,3-4,7-17,20-21,42H2,(H,43,50)/t24-/m0/s1. The van der Waals surface area contributed by atoms with E-state index in [0.29, 0.717) is 63.5 Å². The van der Waals surface area contributed by atoms with Crippen LogP contribution in [0.25, 0.3) is 0 Å². The van der Waals surface area contributed by atoms with Crippen molar-refractivity contribution in [3.05, 3.63) is 58.7 Å². The maximum Gasteiger partial charge on any atom is 0.418 e. The molecule has 4 amide bonds. The summed E-state index contributed by atoms with van der Waals surface area (Å²) >= 11 is 0. The molecular formula is C35H42F6N6O3. The molecule has 6 rings (SSSR count). The van der Waals surface area contributed by atoms with E-state index in [4.69, 9.17) is 5.73 Å². The second-order valence-electron chi connectivity index (χ2n) is 13.8. The number of nitrogen functional groups attached to an aromatic ring is 1. The van der Waals surface area contributed by atoms with Gasteiger partial charge in [-0.05, 0) is 87.4 Å². The third-order valence-electron chi connectivity index (χ3n) is 10.7. The van der Waals surface area contributed by atoms with E-state index in [0.717, 1.165) is 37.2 Å². The predicted molar refractivity (Wildman–Crippen MR) is 174 cm³/mol. The first-order valence-electron chi connectivity index (χ1n) is 17.2. The highest BCUT2D eigenvalue weighted by Gasteiger charge is 2.42. The molecule has 2 aromatic rings. The number of urea groups is 1. The summed E-state index contributed by atoms with van der Waals surface area (Å²) in [5.41, 5.74) is 2.04. The number of rotatable bonds is 7. The van der Waals surface area contributed by atoms with E-state index < -0.39 is 53.3 Å². The Kier molecular flexibility index (Phi) is 10.2. The van der Waals surface area contributed by atoms with Crippen LogP contribution in [-0.4, -0.2) is 88.8 Å². The number of piperidine rings is 2. The Bertz CT molecular complexity index is 1540. The van der Waals surface area contributed by atoms with Gasteiger partial charge in [0.25, 0.3) is 0 Å². The zero-order valence-electron chi connectivity index (χ0n) is 27.7. The zero-order chi connectivity index (χ0) is 35.8. The van der Waals surface area contributed by atoms with E-state index in [-0.39, 0.29) is 37.1 Å². The van der Waals surface area contributed by atoms with Crippen molar-refractivity contribution in [1.82, 2.24) is 19.6 Å². The normalized spacial score (nSPS) is 20.5. The molecule has 50 heavy (non-hydrogen) atoms. The van der Waals surface area contributed by atoms with Crippen molar-refractivity contribution in [2.45, 2.75) is 82.3 Å². The van der Waals surface area contributed by atoms with Crippen LogP contribution < -0.4 is 11.1 Å². The number of carbonyl (C=O) groups excluding carboxylic acids is 3. The highest BCUT2D eigenvalue weighted by Crippen LogP contribution is 2.42. The monoisotopic (exact) mass is 708 g/mol. The average Bonchev–Trinajstić information content (AvgIpc) is 3.62. The lowest BCUT2D eigenvalue weighted by Gasteiger charge is -2.41. The van der Waals surface area contributed by atoms with Gasteiger partial charge in [0.2, 0.25) is 11.8 Å². The van der Waals surface area contributed by atoms with E-state index in [1.807, 2.05) is 24.3 Å². The van der Waals surface area contributed by atoms with Crippen molar-refractivity contribution in [2.75, 3.05) is 50.3 Å². The lowest BCUT2D eigenvalue weighted by Crippen LogP contribution is -2.51. The molecule has 4 heterocycles. The van der Waals surface area contributed by atoms with Gasteiger partial charge in [-0.15, -0.1) is 0 Å². The minimum absolute atomic E-state index is 0.141. The molecular weight excluding hydrogens is 666 g/mol. The summed E-state index contributed by atoms with van der Waals surface area (Å²) in [5.74, 6) is -2.06. The molecule has 0 bridgehead atoms. The fourth-order valence-electron chi connectivity index (χ4n) is 7.93. The lowest BCUT2D eigenvalue weighted by atomic mass is 9.90. The van der Waals surface area contributed by atoms with E-state index in [9.17, 15) is 40.7 Å². The Hall–Kier alpha value is -4.01. The first-order chi connectivity index (χ1) is 23.7. The summed E-state index contributed by atoms with van der Waals surface area (Å²) in [5, 5.41) is 2.90. The molecule has 272 valence electrons. The number of hydrogen-bond acceptors (Lipinski definition) is 5. The molecule has 0 saturated carbocycles. The van der Waals surface area contributed by atoms with Crippen molar-refractivity contribution >= 4 is 29.2 Å². The third kappa shape index (κ3) is 7.82. The van der Waals surface area contributed by atoms with Gasteiger partial charge in [-0.2, -0.15) is 26.3 Å². The maximum absolute atomic E-state index is 14.0. The van der Waals surface area contributed by atoms with Gasteiger partial charge >= 0.3 is 18.4 Å². The summed E-state index contributed by atoms with van der Waals surface area (Å²) < 4.78 is 83.1. The molecule has 9 nitrogen and oxygen atoms in total. The third-order valence-corrected chi connectivity index (χ3v) is 10.7. The lowest BCUT2D eigenvalue weighted by molar-refractivity contribution is -0.143. The summed E-state index contributed by atoms with van der Waals surface area (Å²) in [6.45, 7) is 3.75. The van der Waals surface area contributed by atoms with E-state index in [1.54, 1.807) is 14.7 Å². The summed E-state index contributed by atoms with van der Waals surface area (Å²) in [4.78, 5) is 47.8. The number of halogens is 6. The number of para-hydroxylation sites is 1. The van der Waals surface area contributed by atoms with Gasteiger partial charge in [0.1, 0.15) is 0 Å². The number of hydrogen-bond donors (Lipinski definition) is 2. The summed E-state index contributed by atoms with van der Waals surface area (Å²) in [7, 11) is 0. The fraction of sp³-hybridized carbons (Fsp3) is 0.571. The second kappa shape index (κ2) is 14.3. The van der Waals surface area contributed by atoms with Crippen LogP contribution in [0.1, 0.15) is 67.2 Å². The number of nitrogens with two attached hydrogens (primary N) is 1. The SMILES string of the molecule is Nc1c(C(F)(F)F)cc(C[C@@H](CC(=O)N2CCC(N3Cc4ccccc4NC3=O)CC2)C(=O)N2CCC(N3CCCC3)CC2)cc1C(F)(F)F. The molecule has 0 unspecified atom stereocenters. The van der Waals surface area contributed by atoms with Gasteiger partial charge in [-0.25, -0.2) is 4.79 Å². The number of alkyl halides is 6. The Morgan fingerprint density at radius 2 is 1.38 bits per heavy atom. The van der Waals surface area contributed by atoms with E-state index in [2.05, 4.69) is 10.2 Å². The Morgan fingerprint density at radius 1 is 0.820 bits per heavy atom. The molecule has 4 aliphatic heterocycles. The van der Waals surface area contributed by atoms with Crippen LogP contribution in [0.15, 0.2) is 36.4 Å². The van der Waals surface area contributed by atoms with Crippen LogP contribution in [0.5, 0.6) is 0 Å². The van der Waals surface area contributed by atoms with Crippen LogP contribution in [0.2, 0.25) is 0 Å². The quantitative estimate of drug-likeness (QED) is 0.272. The maximum atomic E-state index is 14.0. The molecule has 0 aromatic heterocycles. The summed E-state index contributed by atoms with van der Waals surface area (Å²) in [6.07, 6.45) is -6.61. The van der Waals surface area contributed by atoms with Crippen molar-refractivity contribution in [1.29, 1.82) is 0 Å². The van der Waals surface area contributed by atoms with Crippen LogP contribution in [0, 0.1) is 5.92 Å². The van der Waals surface area contributed by atoms with Gasteiger partial charge in [-0.1, -0.05) is 18.2 Å². The van der Waals surface area contributed by atoms with Crippen LogP contribution in [0.4, 0.5) is 42.5 Å². The van der Waals surface area contributed by atoms with Gasteiger partial charge in [0, 0.05) is 56.9 Å². The number of fused-ring (bicyclic) bond motifs is 1. The van der Waals surface area contributed by atoms with Crippen molar-refractivity contribution in [2.24, 2.45) is 5.92 Å². The number of likely N-dealkylation sites (tertiary alicyclic amines) is 3. The Morgan fingerprint density at radius 3 is 1.98 bits per heavy atom. The zero-order valence-corrected chi connectivity index (χ0v) is 27.7. The van der Waals surface area contributed by atoms with Crippen LogP contribution >= 0.6 is 0 Å². The first kappa shape index (κ1) is 35.8. The highest BCUT2D eigenvalue weighted by atomic mass is 19.4. The Labute approximate surface area is 286 Å². The molecule has 4 aliphatic rings. The second-order valence-corrected chi connectivity index (χ2v) is 13.8. The number of amides is 4. The molecule has 15 heteroatoms. The number of nitrogens with one attached hydrogen (secondary N) is 1. The minimum atomic E-state index is -5.16. The molecule has 3 fully saturated rings. The fourth-order valence-corrected chi connectivity index (χ4v) is 7.93. The summed E-state index contributed by atoms with van der Waals surface area (Å²) in [6, 6.07) is 8.54. The van der Waals surface area contributed by atoms with Crippen LogP contribution in [0.3, 0.4) is 0 Å².